The average molecular weight is 444 g/mol. The Morgan fingerprint density at radius 1 is 1.07 bits per heavy atom. The molecule has 13 heteroatoms. The van der Waals surface area contributed by atoms with Crippen molar-refractivity contribution in [2.45, 2.75) is 64.9 Å². The monoisotopic (exact) mass is 444 g/mol. The number of hydrogen-bond donors (Lipinski definition) is 4. The Labute approximate surface area is 170 Å². The van der Waals surface area contributed by atoms with Crippen LogP contribution in [0.5, 0.6) is 0 Å². The minimum Gasteiger partial charge on any atom is -0.444 e. The highest BCUT2D eigenvalue weighted by atomic mass is 31.2. The summed E-state index contributed by atoms with van der Waals surface area (Å²) < 4.78 is 26.2. The van der Waals surface area contributed by atoms with Crippen LogP contribution in [0.15, 0.2) is 0 Å². The molecule has 2 amide bonds. The fourth-order valence-corrected chi connectivity index (χ4v) is 2.51. The van der Waals surface area contributed by atoms with Crippen LogP contribution in [0, 0.1) is 0 Å². The summed E-state index contributed by atoms with van der Waals surface area (Å²) in [7, 11) is -3.37. The second-order valence-electron chi connectivity index (χ2n) is 8.13. The van der Waals surface area contributed by atoms with E-state index < -0.39 is 63.0 Å². The van der Waals surface area contributed by atoms with Crippen LogP contribution >= 0.6 is 7.82 Å². The van der Waals surface area contributed by atoms with Gasteiger partial charge >= 0.3 is 13.9 Å². The first kappa shape index (κ1) is 27.7. The Morgan fingerprint density at radius 2 is 1.59 bits per heavy atom. The number of rotatable bonds is 10. The molecule has 0 bridgehead atoms. The van der Waals surface area contributed by atoms with Gasteiger partial charge in [0.05, 0.1) is 25.4 Å². The van der Waals surface area contributed by atoms with Crippen molar-refractivity contribution < 1.29 is 47.9 Å². The van der Waals surface area contributed by atoms with Gasteiger partial charge in [-0.05, 0) is 41.5 Å². The molecule has 0 aromatic heterocycles. The summed E-state index contributed by atoms with van der Waals surface area (Å²) in [6.07, 6.45) is -2.34. The molecule has 172 valence electrons. The van der Waals surface area contributed by atoms with E-state index in [4.69, 9.17) is 19.2 Å². The van der Waals surface area contributed by atoms with Gasteiger partial charge in [0.2, 0.25) is 0 Å². The number of phosphoric ester groups is 1. The van der Waals surface area contributed by atoms with E-state index >= 15 is 0 Å². The number of ether oxygens (including phenoxy) is 1. The van der Waals surface area contributed by atoms with Gasteiger partial charge in [0.1, 0.15) is 17.7 Å². The fraction of sp³-hybridized carbons (Fsp3) is 0.875. The average Bonchev–Trinajstić information content (AvgIpc) is 2.52. The van der Waals surface area contributed by atoms with Crippen LogP contribution in [0.25, 0.3) is 0 Å². The molecule has 3 atom stereocenters. The summed E-state index contributed by atoms with van der Waals surface area (Å²) >= 11 is 0. The number of carbonyl (C=O) groups excluding carboxylic acids is 2. The van der Waals surface area contributed by atoms with Gasteiger partial charge in [-0.25, -0.2) is 14.4 Å². The molecule has 0 aliphatic heterocycles. The number of likely N-dealkylation sites (N-methyl/N-ethyl adjacent to an activating group) is 1. The second kappa shape index (κ2) is 11.2. The third-order valence-corrected chi connectivity index (χ3v) is 3.71. The molecule has 0 aliphatic rings. The van der Waals surface area contributed by atoms with Crippen LogP contribution in [0.2, 0.25) is 0 Å². The molecule has 0 heterocycles. The summed E-state index contributed by atoms with van der Waals surface area (Å²) in [5.41, 5.74) is -1.57. The van der Waals surface area contributed by atoms with E-state index in [1.807, 2.05) is 0 Å². The van der Waals surface area contributed by atoms with Crippen LogP contribution < -0.4 is 5.32 Å². The van der Waals surface area contributed by atoms with Crippen molar-refractivity contribution in [3.8, 4) is 0 Å². The number of amides is 2. The van der Waals surface area contributed by atoms with Gasteiger partial charge in [-0.15, -0.1) is 0 Å². The van der Waals surface area contributed by atoms with E-state index in [2.05, 4.69) is 9.84 Å². The smallest absolute Gasteiger partial charge is 0.444 e. The fourth-order valence-electron chi connectivity index (χ4n) is 1.74. The van der Waals surface area contributed by atoms with Crippen LogP contribution in [0.3, 0.4) is 0 Å². The number of hydroxylamine groups is 2. The van der Waals surface area contributed by atoms with Gasteiger partial charge in [0, 0.05) is 7.05 Å². The summed E-state index contributed by atoms with van der Waals surface area (Å²) in [6, 6.07) is -1.44. The number of alkyl carbamates (subject to hydrolysis) is 1. The number of nitrogens with zero attached hydrogens (tertiary/aromatic N) is 1. The molecule has 0 radical (unpaired) electrons. The van der Waals surface area contributed by atoms with Crippen LogP contribution in [-0.2, 0) is 28.0 Å². The van der Waals surface area contributed by atoms with Gasteiger partial charge in [0.15, 0.2) is 0 Å². The maximum Gasteiger partial charge on any atom is 0.472 e. The molecular formula is C16H33N2O10P. The van der Waals surface area contributed by atoms with Crippen molar-refractivity contribution in [2.24, 2.45) is 0 Å². The van der Waals surface area contributed by atoms with Gasteiger partial charge < -0.3 is 25.2 Å². The zero-order valence-corrected chi connectivity index (χ0v) is 18.8. The zero-order valence-electron chi connectivity index (χ0n) is 17.9. The van der Waals surface area contributed by atoms with Gasteiger partial charge in [0.25, 0.3) is 5.91 Å². The third-order valence-electron chi connectivity index (χ3n) is 2.76. The van der Waals surface area contributed by atoms with Gasteiger partial charge in [-0.2, -0.15) is 0 Å². The molecule has 0 aromatic rings. The molecular weight excluding hydrogens is 411 g/mol. The Hall–Kier alpha value is -1.27. The number of aliphatic hydroxyl groups is 2. The van der Waals surface area contributed by atoms with Crippen molar-refractivity contribution in [2.75, 3.05) is 26.9 Å². The molecule has 4 N–H and O–H groups in total. The van der Waals surface area contributed by atoms with Crippen molar-refractivity contribution in [1.29, 1.82) is 0 Å². The highest BCUT2D eigenvalue weighted by molar-refractivity contribution is 7.47. The summed E-state index contributed by atoms with van der Waals surface area (Å²) in [4.78, 5) is 39.7. The van der Waals surface area contributed by atoms with Crippen LogP contribution in [-0.4, -0.2) is 82.4 Å². The minimum atomic E-state index is -4.68. The third kappa shape index (κ3) is 13.6. The van der Waals surface area contributed by atoms with Gasteiger partial charge in [-0.1, -0.05) is 0 Å². The van der Waals surface area contributed by atoms with Crippen molar-refractivity contribution in [1.82, 2.24) is 10.4 Å². The first-order chi connectivity index (χ1) is 13.0. The first-order valence-electron chi connectivity index (χ1n) is 8.83. The highest BCUT2D eigenvalue weighted by Crippen LogP contribution is 2.43. The molecule has 0 rings (SSSR count). The lowest BCUT2D eigenvalue weighted by atomic mass is 10.2. The van der Waals surface area contributed by atoms with Crippen molar-refractivity contribution in [3.05, 3.63) is 0 Å². The van der Waals surface area contributed by atoms with E-state index in [1.54, 1.807) is 41.5 Å². The predicted molar refractivity (Wildman–Crippen MR) is 102 cm³/mol. The number of hydrogen-bond acceptors (Lipinski definition) is 9. The van der Waals surface area contributed by atoms with Crippen molar-refractivity contribution in [3.63, 3.8) is 0 Å². The lowest BCUT2D eigenvalue weighted by Crippen LogP contribution is -2.52. The molecule has 0 aromatic carbocycles. The Balaban J connectivity index is 5.19. The number of nitrogens with one attached hydrogen (secondary N) is 1. The number of aliphatic hydroxyl groups excluding tert-OH is 2. The zero-order chi connectivity index (χ0) is 23.0. The van der Waals surface area contributed by atoms with Crippen LogP contribution in [0.1, 0.15) is 41.5 Å². The molecule has 0 aliphatic carbocycles. The summed E-state index contributed by atoms with van der Waals surface area (Å²) in [5.74, 6) is -0.777. The predicted octanol–water partition coefficient (Wildman–Crippen LogP) is 0.555. The van der Waals surface area contributed by atoms with Crippen molar-refractivity contribution >= 4 is 19.8 Å². The largest absolute Gasteiger partial charge is 0.472 e. The van der Waals surface area contributed by atoms with E-state index in [0.29, 0.717) is 0 Å². The topological polar surface area (TPSA) is 164 Å². The molecule has 12 nitrogen and oxygen atoms in total. The standard InChI is InChI=1S/C16H33N2O10P/c1-15(2,3)27-14(22)17-12(13(21)18(7)28-16(4,5)6)10-26-29(23,24)25-9-11(20)8-19/h11-12,19-20H,8-10H2,1-7H3,(H,17,22)(H,23,24)/t11-,12?/m0/s1. The van der Waals surface area contributed by atoms with Gasteiger partial charge in [-0.3, -0.25) is 18.7 Å². The molecule has 29 heavy (non-hydrogen) atoms. The lowest BCUT2D eigenvalue weighted by Gasteiger charge is -2.30. The van der Waals surface area contributed by atoms with E-state index in [-0.39, 0.29) is 0 Å². The van der Waals surface area contributed by atoms with E-state index in [0.717, 1.165) is 5.06 Å². The number of carbonyl (C=O) groups is 2. The quantitative estimate of drug-likeness (QED) is 0.276. The lowest BCUT2D eigenvalue weighted by molar-refractivity contribution is -0.218. The molecule has 0 saturated carbocycles. The summed E-state index contributed by atoms with van der Waals surface area (Å²) in [5, 5.41) is 21.0. The SMILES string of the molecule is CN(OC(C)(C)C)C(=O)C(COP(=O)(O)OC[C@@H](O)CO)NC(=O)OC(C)(C)C. The second-order valence-corrected chi connectivity index (χ2v) is 9.59. The number of phosphoric acid groups is 1. The van der Waals surface area contributed by atoms with E-state index in [1.165, 1.54) is 7.05 Å². The Kier molecular flexibility index (Phi) is 10.7. The Bertz CT molecular complexity index is 587. The van der Waals surface area contributed by atoms with Crippen LogP contribution in [0.4, 0.5) is 4.79 Å². The molecule has 0 saturated heterocycles. The summed E-state index contributed by atoms with van der Waals surface area (Å²) in [6.45, 7) is 7.86. The maximum absolute atomic E-state index is 12.6. The van der Waals surface area contributed by atoms with E-state index in [9.17, 15) is 24.2 Å². The maximum atomic E-state index is 12.6. The Morgan fingerprint density at radius 3 is 2.03 bits per heavy atom. The molecule has 2 unspecified atom stereocenters. The minimum absolute atomic E-state index is 0.671. The first-order valence-corrected chi connectivity index (χ1v) is 10.3. The normalized spacial score (nSPS) is 16.5. The highest BCUT2D eigenvalue weighted by Gasteiger charge is 2.33. The molecule has 0 spiro atoms. The molecule has 0 fully saturated rings.